The monoisotopic (exact) mass is 301 g/mol. The third-order valence-electron chi connectivity index (χ3n) is 3.44. The molecule has 0 aliphatic carbocycles. The fourth-order valence-corrected chi connectivity index (χ4v) is 2.37. The van der Waals surface area contributed by atoms with Crippen LogP contribution in [-0.4, -0.2) is 48.7 Å². The fraction of sp³-hybridized carbons (Fsp3) is 0.500. The highest BCUT2D eigenvalue weighted by Crippen LogP contribution is 2.19. The Morgan fingerprint density at radius 2 is 1.71 bits per heavy atom. The molecule has 3 nitrogen and oxygen atoms in total. The van der Waals surface area contributed by atoms with Crippen LogP contribution in [0.15, 0.2) is 18.2 Å². The van der Waals surface area contributed by atoms with Crippen LogP contribution in [0.25, 0.3) is 0 Å². The molecule has 1 saturated heterocycles. The second-order valence-electron chi connectivity index (χ2n) is 5.09. The van der Waals surface area contributed by atoms with E-state index in [0.717, 1.165) is 0 Å². The predicted molar refractivity (Wildman–Crippen MR) is 68.9 cm³/mol. The first-order valence-corrected chi connectivity index (χ1v) is 6.57. The summed E-state index contributed by atoms with van der Waals surface area (Å²) in [5, 5.41) is 8.80. The zero-order chi connectivity index (χ0) is 15.5. The molecule has 1 aromatic carbocycles. The molecule has 0 bridgehead atoms. The Balaban J connectivity index is 1.91. The number of rotatable bonds is 3. The Labute approximate surface area is 120 Å². The number of hydrogen-bond donors (Lipinski definition) is 0. The van der Waals surface area contributed by atoms with E-state index in [4.69, 9.17) is 5.26 Å². The predicted octanol–water partition coefficient (Wildman–Crippen LogP) is 2.38. The first-order chi connectivity index (χ1) is 9.87. The second-order valence-corrected chi connectivity index (χ2v) is 5.09. The lowest BCUT2D eigenvalue weighted by molar-refractivity contribution is -0.149. The molecule has 21 heavy (non-hydrogen) atoms. The molecule has 0 radical (unpaired) electrons. The van der Waals surface area contributed by atoms with Crippen LogP contribution in [0.4, 0.5) is 17.6 Å². The molecule has 2 rings (SSSR count). The summed E-state index contributed by atoms with van der Waals surface area (Å²) in [5.41, 5.74) is 0.778. The maximum atomic E-state index is 13.7. The van der Waals surface area contributed by atoms with E-state index in [2.05, 4.69) is 0 Å². The van der Waals surface area contributed by atoms with Crippen LogP contribution in [0.3, 0.4) is 0 Å². The number of alkyl halides is 3. The smallest absolute Gasteiger partial charge is 0.296 e. The van der Waals surface area contributed by atoms with E-state index in [-0.39, 0.29) is 0 Å². The minimum Gasteiger partial charge on any atom is -0.296 e. The Morgan fingerprint density at radius 1 is 1.10 bits per heavy atom. The third-order valence-corrected chi connectivity index (χ3v) is 3.44. The molecule has 0 aromatic heterocycles. The van der Waals surface area contributed by atoms with Gasteiger partial charge in [-0.15, -0.1) is 0 Å². The van der Waals surface area contributed by atoms with Crippen molar-refractivity contribution in [3.05, 3.63) is 35.1 Å². The molecule has 0 amide bonds. The van der Waals surface area contributed by atoms with Gasteiger partial charge in [-0.3, -0.25) is 9.80 Å². The zero-order valence-electron chi connectivity index (χ0n) is 11.3. The average molecular weight is 301 g/mol. The Bertz CT molecular complexity index is 528. The molecule has 0 spiro atoms. The number of hydrogen-bond acceptors (Lipinski definition) is 3. The van der Waals surface area contributed by atoms with Crippen molar-refractivity contribution >= 4 is 0 Å². The summed E-state index contributed by atoms with van der Waals surface area (Å²) in [6.07, 6.45) is -4.19. The van der Waals surface area contributed by atoms with Crippen molar-refractivity contribution in [1.29, 1.82) is 5.26 Å². The number of benzene rings is 1. The summed E-state index contributed by atoms with van der Waals surface area (Å²) < 4.78 is 50.5. The first kappa shape index (κ1) is 15.7. The number of piperazine rings is 1. The van der Waals surface area contributed by atoms with E-state index in [1.165, 1.54) is 23.1 Å². The molecular weight excluding hydrogens is 286 g/mol. The topological polar surface area (TPSA) is 30.3 Å². The van der Waals surface area contributed by atoms with Crippen molar-refractivity contribution in [1.82, 2.24) is 9.80 Å². The summed E-state index contributed by atoms with van der Waals surface area (Å²) in [6, 6.07) is 6.08. The van der Waals surface area contributed by atoms with E-state index in [1.807, 2.05) is 11.0 Å². The van der Waals surface area contributed by atoms with Crippen LogP contribution in [0.5, 0.6) is 0 Å². The summed E-state index contributed by atoms with van der Waals surface area (Å²) >= 11 is 0. The second kappa shape index (κ2) is 6.41. The SMILES string of the molecule is N#Cc1ccc(F)c(CN2CCN(CC(F)(F)F)CC2)c1. The molecule has 0 unspecified atom stereocenters. The van der Waals surface area contributed by atoms with Crippen LogP contribution < -0.4 is 0 Å². The van der Waals surface area contributed by atoms with Crippen LogP contribution in [-0.2, 0) is 6.54 Å². The van der Waals surface area contributed by atoms with Gasteiger partial charge in [0, 0.05) is 38.3 Å². The summed E-state index contributed by atoms with van der Waals surface area (Å²) in [4.78, 5) is 3.24. The van der Waals surface area contributed by atoms with Crippen LogP contribution in [0, 0.1) is 17.1 Å². The Morgan fingerprint density at radius 3 is 2.29 bits per heavy atom. The van der Waals surface area contributed by atoms with Crippen LogP contribution >= 0.6 is 0 Å². The summed E-state index contributed by atoms with van der Waals surface area (Å²) in [7, 11) is 0. The van der Waals surface area contributed by atoms with E-state index in [9.17, 15) is 17.6 Å². The average Bonchev–Trinajstić information content (AvgIpc) is 2.42. The molecule has 1 aliphatic heterocycles. The molecule has 1 aliphatic rings. The molecule has 1 heterocycles. The Hall–Kier alpha value is -1.65. The molecule has 0 saturated carbocycles. The Kier molecular flexibility index (Phi) is 4.80. The van der Waals surface area contributed by atoms with Gasteiger partial charge in [0.2, 0.25) is 0 Å². The molecule has 1 aromatic rings. The van der Waals surface area contributed by atoms with Gasteiger partial charge in [-0.05, 0) is 18.2 Å². The van der Waals surface area contributed by atoms with Crippen molar-refractivity contribution in [2.24, 2.45) is 0 Å². The summed E-state index contributed by atoms with van der Waals surface area (Å²) in [5.74, 6) is -0.397. The number of nitriles is 1. The van der Waals surface area contributed by atoms with Gasteiger partial charge in [0.25, 0.3) is 0 Å². The van der Waals surface area contributed by atoms with E-state index in [1.54, 1.807) is 0 Å². The number of halogens is 4. The van der Waals surface area contributed by atoms with Gasteiger partial charge in [-0.25, -0.2) is 4.39 Å². The van der Waals surface area contributed by atoms with E-state index < -0.39 is 18.5 Å². The zero-order valence-corrected chi connectivity index (χ0v) is 11.3. The highest BCUT2D eigenvalue weighted by molar-refractivity contribution is 5.33. The fourth-order valence-electron chi connectivity index (χ4n) is 2.37. The normalized spacial score (nSPS) is 17.7. The number of nitrogens with zero attached hydrogens (tertiary/aromatic N) is 3. The first-order valence-electron chi connectivity index (χ1n) is 6.57. The lowest BCUT2D eigenvalue weighted by Gasteiger charge is -2.35. The van der Waals surface area contributed by atoms with Gasteiger partial charge in [-0.1, -0.05) is 0 Å². The molecule has 0 N–H and O–H groups in total. The molecule has 7 heteroatoms. The molecule has 0 atom stereocenters. The van der Waals surface area contributed by atoms with Crippen LogP contribution in [0.2, 0.25) is 0 Å². The minimum absolute atomic E-state index is 0.305. The van der Waals surface area contributed by atoms with Crippen molar-refractivity contribution in [2.45, 2.75) is 12.7 Å². The maximum absolute atomic E-state index is 13.7. The molecule has 114 valence electrons. The van der Waals surface area contributed by atoms with Gasteiger partial charge in [0.05, 0.1) is 18.2 Å². The minimum atomic E-state index is -4.19. The van der Waals surface area contributed by atoms with Crippen LogP contribution in [0.1, 0.15) is 11.1 Å². The van der Waals surface area contributed by atoms with Crippen molar-refractivity contribution in [3.8, 4) is 6.07 Å². The van der Waals surface area contributed by atoms with Gasteiger partial charge < -0.3 is 0 Å². The molecular formula is C14H15F4N3. The third kappa shape index (κ3) is 4.69. The summed E-state index contributed by atoms with van der Waals surface area (Å²) in [6.45, 7) is 0.914. The maximum Gasteiger partial charge on any atom is 0.401 e. The van der Waals surface area contributed by atoms with E-state index in [0.29, 0.717) is 43.9 Å². The van der Waals surface area contributed by atoms with Gasteiger partial charge in [0.15, 0.2) is 0 Å². The van der Waals surface area contributed by atoms with Gasteiger partial charge in [0.1, 0.15) is 5.82 Å². The van der Waals surface area contributed by atoms with Gasteiger partial charge in [-0.2, -0.15) is 18.4 Å². The van der Waals surface area contributed by atoms with Gasteiger partial charge >= 0.3 is 6.18 Å². The lowest BCUT2D eigenvalue weighted by Crippen LogP contribution is -2.48. The lowest BCUT2D eigenvalue weighted by atomic mass is 10.1. The standard InChI is InChI=1S/C14H15F4N3/c15-13-2-1-11(8-19)7-12(13)9-20-3-5-21(6-4-20)10-14(16,17)18/h1-2,7H,3-6,9-10H2. The highest BCUT2D eigenvalue weighted by atomic mass is 19.4. The van der Waals surface area contributed by atoms with E-state index >= 15 is 0 Å². The quantitative estimate of drug-likeness (QED) is 0.803. The van der Waals surface area contributed by atoms with Crippen molar-refractivity contribution < 1.29 is 17.6 Å². The largest absolute Gasteiger partial charge is 0.401 e. The van der Waals surface area contributed by atoms with Crippen molar-refractivity contribution in [3.63, 3.8) is 0 Å². The highest BCUT2D eigenvalue weighted by Gasteiger charge is 2.32. The van der Waals surface area contributed by atoms with Crippen molar-refractivity contribution in [2.75, 3.05) is 32.7 Å². The molecule has 1 fully saturated rings.